The lowest BCUT2D eigenvalue weighted by molar-refractivity contribution is -0.384. The summed E-state index contributed by atoms with van der Waals surface area (Å²) in [6, 6.07) is 6.02. The third kappa shape index (κ3) is 4.40. The number of nitrogens with one attached hydrogen (secondary N) is 2. The molecule has 0 spiro atoms. The normalized spacial score (nSPS) is 15.4. The fourth-order valence-corrected chi connectivity index (χ4v) is 3.87. The Balaban J connectivity index is 1.62. The summed E-state index contributed by atoms with van der Waals surface area (Å²) in [4.78, 5) is 28.2. The third-order valence-electron chi connectivity index (χ3n) is 5.73. The van der Waals surface area contributed by atoms with E-state index in [0.717, 1.165) is 35.1 Å². The van der Waals surface area contributed by atoms with E-state index in [1.807, 2.05) is 13.8 Å². The van der Waals surface area contributed by atoms with Gasteiger partial charge in [-0.1, -0.05) is 12.1 Å². The van der Waals surface area contributed by atoms with Gasteiger partial charge in [-0.3, -0.25) is 14.9 Å². The summed E-state index contributed by atoms with van der Waals surface area (Å²) < 4.78 is 7.26. The third-order valence-corrected chi connectivity index (χ3v) is 5.73. The van der Waals surface area contributed by atoms with Crippen molar-refractivity contribution in [1.29, 1.82) is 0 Å². The van der Waals surface area contributed by atoms with Crippen LogP contribution in [0.4, 0.5) is 11.4 Å². The van der Waals surface area contributed by atoms with Gasteiger partial charge in [0, 0.05) is 44.1 Å². The Bertz CT molecular complexity index is 1120. The van der Waals surface area contributed by atoms with Crippen LogP contribution in [0, 0.1) is 10.1 Å². The van der Waals surface area contributed by atoms with Gasteiger partial charge in [-0.05, 0) is 32.3 Å². The Labute approximate surface area is 185 Å². The van der Waals surface area contributed by atoms with Crippen LogP contribution in [0.25, 0.3) is 11.0 Å². The number of benzene rings is 1. The van der Waals surface area contributed by atoms with Gasteiger partial charge in [-0.25, -0.2) is 9.67 Å². The van der Waals surface area contributed by atoms with Crippen LogP contribution in [-0.2, 0) is 11.3 Å². The number of hydrogen-bond acceptors (Lipinski definition) is 7. The molecule has 32 heavy (non-hydrogen) atoms. The molecular formula is C22H26N6O4. The van der Waals surface area contributed by atoms with Gasteiger partial charge in [0.1, 0.15) is 0 Å². The number of ether oxygens (including phenoxy) is 1. The summed E-state index contributed by atoms with van der Waals surface area (Å²) in [6.45, 7) is 5.87. The van der Waals surface area contributed by atoms with E-state index in [-0.39, 0.29) is 23.7 Å². The predicted octanol–water partition coefficient (Wildman–Crippen LogP) is 3.44. The molecule has 2 aromatic heterocycles. The second kappa shape index (κ2) is 9.31. The molecule has 1 amide bonds. The molecule has 3 heterocycles. The van der Waals surface area contributed by atoms with Crippen molar-refractivity contribution < 1.29 is 14.5 Å². The van der Waals surface area contributed by atoms with Gasteiger partial charge in [-0.2, -0.15) is 5.10 Å². The zero-order chi connectivity index (χ0) is 22.7. The number of nitro benzene ring substituents is 1. The minimum Gasteiger partial charge on any atom is -0.381 e. The molecular weight excluding hydrogens is 412 g/mol. The number of aromatic nitrogens is 3. The molecule has 1 atom stereocenters. The van der Waals surface area contributed by atoms with Gasteiger partial charge in [0.05, 0.1) is 33.8 Å². The monoisotopic (exact) mass is 438 g/mol. The predicted molar refractivity (Wildman–Crippen MR) is 120 cm³/mol. The molecule has 1 aliphatic rings. The maximum atomic E-state index is 13.2. The number of anilines is 1. The number of nitro groups is 1. The first-order chi connectivity index (χ1) is 15.5. The van der Waals surface area contributed by atoms with Crippen molar-refractivity contribution in [2.75, 3.05) is 18.5 Å². The maximum absolute atomic E-state index is 13.2. The summed E-state index contributed by atoms with van der Waals surface area (Å²) in [5.74, 6) is -0.274. The number of fused-ring (bicyclic) bond motifs is 1. The Kier molecular flexibility index (Phi) is 6.31. The average Bonchev–Trinajstić information content (AvgIpc) is 3.23. The number of carbonyl (C=O) groups is 1. The maximum Gasteiger partial charge on any atom is 0.269 e. The van der Waals surface area contributed by atoms with Crippen LogP contribution >= 0.6 is 0 Å². The van der Waals surface area contributed by atoms with Crippen LogP contribution < -0.4 is 10.6 Å². The first-order valence-corrected chi connectivity index (χ1v) is 10.7. The minimum absolute atomic E-state index is 0.0119. The van der Waals surface area contributed by atoms with Crippen molar-refractivity contribution in [3.8, 4) is 0 Å². The SMILES string of the molecule is CCn1ncc2c(NC3CCOCC3)c(C(=O)N[C@H](C)c3ccc([N+](=O)[O-])cc3)cnc21. The smallest absolute Gasteiger partial charge is 0.269 e. The number of non-ortho nitro benzene ring substituents is 1. The minimum atomic E-state index is -0.446. The summed E-state index contributed by atoms with van der Waals surface area (Å²) in [5.41, 5.74) is 2.67. The molecule has 4 rings (SSSR count). The van der Waals surface area contributed by atoms with Gasteiger partial charge in [0.2, 0.25) is 0 Å². The molecule has 168 valence electrons. The van der Waals surface area contributed by atoms with Crippen molar-refractivity contribution in [3.63, 3.8) is 0 Å². The first-order valence-electron chi connectivity index (χ1n) is 10.7. The van der Waals surface area contributed by atoms with E-state index in [4.69, 9.17) is 4.74 Å². The number of pyridine rings is 1. The summed E-state index contributed by atoms with van der Waals surface area (Å²) in [5, 5.41) is 22.6. The summed E-state index contributed by atoms with van der Waals surface area (Å²) in [6.07, 6.45) is 5.03. The van der Waals surface area contributed by atoms with E-state index in [2.05, 4.69) is 20.7 Å². The lowest BCUT2D eigenvalue weighted by Gasteiger charge is -2.26. The highest BCUT2D eigenvalue weighted by molar-refractivity contribution is 6.06. The van der Waals surface area contributed by atoms with Gasteiger partial charge < -0.3 is 15.4 Å². The lowest BCUT2D eigenvalue weighted by Crippen LogP contribution is -2.31. The largest absolute Gasteiger partial charge is 0.381 e. The zero-order valence-corrected chi connectivity index (χ0v) is 18.1. The fraction of sp³-hybridized carbons (Fsp3) is 0.409. The van der Waals surface area contributed by atoms with Crippen molar-refractivity contribution in [2.45, 2.75) is 45.3 Å². The molecule has 2 N–H and O–H groups in total. The van der Waals surface area contributed by atoms with Crippen LogP contribution in [0.1, 0.15) is 48.7 Å². The molecule has 0 radical (unpaired) electrons. The molecule has 10 nitrogen and oxygen atoms in total. The van der Waals surface area contributed by atoms with Crippen molar-refractivity contribution in [3.05, 3.63) is 57.9 Å². The second-order valence-electron chi connectivity index (χ2n) is 7.82. The highest BCUT2D eigenvalue weighted by Crippen LogP contribution is 2.29. The zero-order valence-electron chi connectivity index (χ0n) is 18.1. The van der Waals surface area contributed by atoms with Gasteiger partial charge in [0.15, 0.2) is 5.65 Å². The molecule has 10 heteroatoms. The number of nitrogens with zero attached hydrogens (tertiary/aromatic N) is 4. The van der Waals surface area contributed by atoms with Gasteiger partial charge in [0.25, 0.3) is 11.6 Å². The van der Waals surface area contributed by atoms with Crippen LogP contribution in [0.2, 0.25) is 0 Å². The van der Waals surface area contributed by atoms with E-state index in [1.54, 1.807) is 29.2 Å². The van der Waals surface area contributed by atoms with E-state index >= 15 is 0 Å². The number of rotatable bonds is 7. The van der Waals surface area contributed by atoms with Crippen LogP contribution in [0.5, 0.6) is 0 Å². The number of hydrogen-bond donors (Lipinski definition) is 2. The van der Waals surface area contributed by atoms with Gasteiger partial charge in [-0.15, -0.1) is 0 Å². The van der Waals surface area contributed by atoms with E-state index in [0.29, 0.717) is 25.3 Å². The van der Waals surface area contributed by atoms with Crippen molar-refractivity contribution in [2.24, 2.45) is 0 Å². The molecule has 1 aliphatic heterocycles. The summed E-state index contributed by atoms with van der Waals surface area (Å²) in [7, 11) is 0. The molecule has 0 bridgehead atoms. The molecule has 0 saturated carbocycles. The lowest BCUT2D eigenvalue weighted by atomic mass is 10.1. The summed E-state index contributed by atoms with van der Waals surface area (Å²) >= 11 is 0. The van der Waals surface area contributed by atoms with E-state index in [9.17, 15) is 14.9 Å². The average molecular weight is 438 g/mol. The highest BCUT2D eigenvalue weighted by atomic mass is 16.6. The van der Waals surface area contributed by atoms with Crippen LogP contribution in [-0.4, -0.2) is 44.9 Å². The fourth-order valence-electron chi connectivity index (χ4n) is 3.87. The molecule has 0 unspecified atom stereocenters. The standard InChI is InChI=1S/C22H26N6O4/c1-3-27-21-18(13-24-27)20(26-16-8-10-32-11-9-16)19(12-23-21)22(29)25-14(2)15-4-6-17(7-5-15)28(30)31/h4-7,12-14,16H,3,8-11H2,1-2H3,(H,23,26)(H,25,29)/t14-/m1/s1. The highest BCUT2D eigenvalue weighted by Gasteiger charge is 2.23. The first kappa shape index (κ1) is 21.7. The molecule has 1 aromatic carbocycles. The van der Waals surface area contributed by atoms with E-state index < -0.39 is 4.92 Å². The molecule has 0 aliphatic carbocycles. The van der Waals surface area contributed by atoms with Gasteiger partial charge >= 0.3 is 0 Å². The Hall–Kier alpha value is -3.53. The van der Waals surface area contributed by atoms with Crippen LogP contribution in [0.15, 0.2) is 36.7 Å². The second-order valence-corrected chi connectivity index (χ2v) is 7.82. The molecule has 1 fully saturated rings. The van der Waals surface area contributed by atoms with Crippen molar-refractivity contribution >= 4 is 28.3 Å². The number of carbonyl (C=O) groups excluding carboxylic acids is 1. The topological polar surface area (TPSA) is 124 Å². The van der Waals surface area contributed by atoms with E-state index in [1.165, 1.54) is 12.1 Å². The Morgan fingerprint density at radius 3 is 2.66 bits per heavy atom. The Morgan fingerprint density at radius 2 is 2.00 bits per heavy atom. The van der Waals surface area contributed by atoms with Crippen molar-refractivity contribution in [1.82, 2.24) is 20.1 Å². The number of aryl methyl sites for hydroxylation is 1. The molecule has 1 saturated heterocycles. The Morgan fingerprint density at radius 1 is 1.28 bits per heavy atom. The number of amides is 1. The van der Waals surface area contributed by atoms with Crippen LogP contribution in [0.3, 0.4) is 0 Å². The quantitative estimate of drug-likeness (QED) is 0.428. The molecule has 3 aromatic rings.